The second-order valence-electron chi connectivity index (χ2n) is 4.94. The average Bonchev–Trinajstić information content (AvgIpc) is 2.38. The van der Waals surface area contributed by atoms with E-state index in [-0.39, 0.29) is 44.1 Å². The number of morpholine rings is 1. The number of carbonyl (C=O) groups is 1. The van der Waals surface area contributed by atoms with Crippen LogP contribution in [0.1, 0.15) is 12.8 Å². The third-order valence-corrected chi connectivity index (χ3v) is 7.73. The van der Waals surface area contributed by atoms with Crippen LogP contribution in [-0.4, -0.2) is 74.8 Å². The molecule has 1 unspecified atom stereocenters. The van der Waals surface area contributed by atoms with Gasteiger partial charge in [0.25, 0.3) is 0 Å². The van der Waals surface area contributed by atoms with Crippen molar-refractivity contribution in [1.82, 2.24) is 4.31 Å². The number of sulfonamides is 1. The summed E-state index contributed by atoms with van der Waals surface area (Å²) >= 11 is 0. The summed E-state index contributed by atoms with van der Waals surface area (Å²) in [6.07, 6.45) is 0.0444. The number of sulfone groups is 1. The maximum atomic E-state index is 12.5. The Bertz CT molecular complexity index is 569. The predicted octanol–water partition coefficient (Wildman–Crippen LogP) is -1.32. The summed E-state index contributed by atoms with van der Waals surface area (Å²) in [6.45, 7) is -0.0455. The van der Waals surface area contributed by atoms with Crippen LogP contribution in [0.2, 0.25) is 0 Å². The van der Waals surface area contributed by atoms with E-state index >= 15 is 0 Å². The van der Waals surface area contributed by atoms with E-state index in [0.717, 1.165) is 4.31 Å². The SMILES string of the molecule is O=C(O)C1COCCN1S(=O)(=O)C1CCS(=O)(=O)CC1. The minimum atomic E-state index is -3.82. The van der Waals surface area contributed by atoms with Gasteiger partial charge in [0.05, 0.1) is 30.0 Å². The van der Waals surface area contributed by atoms with Crippen LogP contribution in [0.3, 0.4) is 0 Å². The number of aliphatic carboxylic acids is 1. The largest absolute Gasteiger partial charge is 0.480 e. The van der Waals surface area contributed by atoms with Crippen molar-refractivity contribution >= 4 is 25.8 Å². The minimum Gasteiger partial charge on any atom is -0.480 e. The van der Waals surface area contributed by atoms with E-state index in [0.29, 0.717) is 0 Å². The number of carboxylic acids is 1. The molecule has 0 saturated carbocycles. The van der Waals surface area contributed by atoms with Crippen LogP contribution >= 0.6 is 0 Å². The first-order valence-corrected chi connectivity index (χ1v) is 9.58. The van der Waals surface area contributed by atoms with Crippen molar-refractivity contribution in [3.05, 3.63) is 0 Å². The zero-order valence-corrected chi connectivity index (χ0v) is 12.4. The average molecular weight is 327 g/mol. The van der Waals surface area contributed by atoms with Crippen molar-refractivity contribution in [1.29, 1.82) is 0 Å². The van der Waals surface area contributed by atoms with Crippen molar-refractivity contribution in [3.8, 4) is 0 Å². The number of carboxylic acid groups (broad SMARTS) is 1. The van der Waals surface area contributed by atoms with Crippen molar-refractivity contribution in [3.63, 3.8) is 0 Å². The Balaban J connectivity index is 2.19. The van der Waals surface area contributed by atoms with Gasteiger partial charge >= 0.3 is 5.97 Å². The Morgan fingerprint density at radius 2 is 1.85 bits per heavy atom. The number of nitrogens with zero attached hydrogens (tertiary/aromatic N) is 1. The third kappa shape index (κ3) is 3.13. The second kappa shape index (κ2) is 5.58. The summed E-state index contributed by atoms with van der Waals surface area (Å²) < 4.78 is 53.6. The smallest absolute Gasteiger partial charge is 0.324 e. The lowest BCUT2D eigenvalue weighted by Crippen LogP contribution is -2.55. The molecule has 10 heteroatoms. The van der Waals surface area contributed by atoms with Gasteiger partial charge in [-0.25, -0.2) is 16.8 Å². The van der Waals surface area contributed by atoms with Gasteiger partial charge < -0.3 is 9.84 Å². The van der Waals surface area contributed by atoms with Crippen LogP contribution in [0, 0.1) is 0 Å². The highest BCUT2D eigenvalue weighted by Crippen LogP contribution is 2.25. The van der Waals surface area contributed by atoms with Crippen molar-refractivity contribution < 1.29 is 31.5 Å². The highest BCUT2D eigenvalue weighted by atomic mass is 32.2. The molecule has 2 aliphatic rings. The molecule has 0 aromatic carbocycles. The van der Waals surface area contributed by atoms with Gasteiger partial charge in [-0.1, -0.05) is 0 Å². The summed E-state index contributed by atoms with van der Waals surface area (Å²) in [5.41, 5.74) is 0. The van der Waals surface area contributed by atoms with E-state index in [9.17, 15) is 21.6 Å². The molecule has 0 amide bonds. The number of hydrogen-bond donors (Lipinski definition) is 1. The molecular formula is C10H17NO7S2. The van der Waals surface area contributed by atoms with E-state index in [4.69, 9.17) is 9.84 Å². The number of hydrogen-bond acceptors (Lipinski definition) is 6. The zero-order valence-electron chi connectivity index (χ0n) is 10.8. The third-order valence-electron chi connectivity index (χ3n) is 3.61. The van der Waals surface area contributed by atoms with Gasteiger partial charge in [-0.2, -0.15) is 4.31 Å². The first kappa shape index (κ1) is 15.7. The highest BCUT2D eigenvalue weighted by molar-refractivity contribution is 7.92. The molecule has 8 nitrogen and oxygen atoms in total. The first-order chi connectivity index (χ1) is 9.24. The molecule has 2 aliphatic heterocycles. The van der Waals surface area contributed by atoms with E-state index < -0.39 is 37.1 Å². The van der Waals surface area contributed by atoms with Gasteiger partial charge in [-0.15, -0.1) is 0 Å². The maximum absolute atomic E-state index is 12.5. The van der Waals surface area contributed by atoms with Crippen LogP contribution in [0.15, 0.2) is 0 Å². The Kier molecular flexibility index (Phi) is 4.38. The molecule has 1 atom stereocenters. The number of rotatable bonds is 3. The lowest BCUT2D eigenvalue weighted by molar-refractivity contribution is -0.146. The molecule has 0 radical (unpaired) electrons. The summed E-state index contributed by atoms with van der Waals surface area (Å²) in [7, 11) is -6.98. The Hall–Kier alpha value is -0.710. The van der Waals surface area contributed by atoms with Gasteiger partial charge in [-0.05, 0) is 12.8 Å². The molecule has 2 rings (SSSR count). The van der Waals surface area contributed by atoms with Crippen LogP contribution in [-0.2, 0) is 29.4 Å². The molecule has 2 heterocycles. The monoisotopic (exact) mass is 327 g/mol. The molecule has 0 aromatic rings. The number of ether oxygens (including phenoxy) is 1. The highest BCUT2D eigenvalue weighted by Gasteiger charge is 2.43. The normalized spacial score (nSPS) is 29.1. The molecule has 0 spiro atoms. The zero-order chi connectivity index (χ0) is 15.0. The molecule has 20 heavy (non-hydrogen) atoms. The van der Waals surface area contributed by atoms with Gasteiger partial charge in [0.1, 0.15) is 15.9 Å². The minimum absolute atomic E-state index is 0.0114. The fourth-order valence-corrected chi connectivity index (χ4v) is 6.28. The van der Waals surface area contributed by atoms with Crippen LogP contribution < -0.4 is 0 Å². The van der Waals surface area contributed by atoms with Gasteiger partial charge in [0, 0.05) is 6.54 Å². The fraction of sp³-hybridized carbons (Fsp3) is 0.900. The summed E-state index contributed by atoms with van der Waals surface area (Å²) in [6, 6.07) is -1.23. The van der Waals surface area contributed by atoms with E-state index in [1.54, 1.807) is 0 Å². The maximum Gasteiger partial charge on any atom is 0.324 e. The van der Waals surface area contributed by atoms with Gasteiger partial charge in [-0.3, -0.25) is 4.79 Å². The van der Waals surface area contributed by atoms with Gasteiger partial charge in [0.15, 0.2) is 0 Å². The van der Waals surface area contributed by atoms with Crippen molar-refractivity contribution in [2.24, 2.45) is 0 Å². The summed E-state index contributed by atoms with van der Waals surface area (Å²) in [4.78, 5) is 11.1. The fourth-order valence-electron chi connectivity index (χ4n) is 2.45. The first-order valence-electron chi connectivity index (χ1n) is 6.26. The van der Waals surface area contributed by atoms with Crippen LogP contribution in [0.4, 0.5) is 0 Å². The Morgan fingerprint density at radius 3 is 2.40 bits per heavy atom. The van der Waals surface area contributed by atoms with Crippen LogP contribution in [0.5, 0.6) is 0 Å². The standard InChI is InChI=1S/C10H17NO7S2/c12-10(13)9-7-18-4-3-11(9)20(16,17)8-1-5-19(14,15)6-2-8/h8-9H,1-7H2,(H,12,13). The van der Waals surface area contributed by atoms with Gasteiger partial charge in [0.2, 0.25) is 10.0 Å². The topological polar surface area (TPSA) is 118 Å². The Labute approximate surface area is 117 Å². The summed E-state index contributed by atoms with van der Waals surface area (Å²) in [5, 5.41) is 8.24. The summed E-state index contributed by atoms with van der Waals surface area (Å²) in [5.74, 6) is -1.59. The molecule has 0 bridgehead atoms. The van der Waals surface area contributed by atoms with Crippen molar-refractivity contribution in [2.75, 3.05) is 31.3 Å². The van der Waals surface area contributed by atoms with E-state index in [1.165, 1.54) is 0 Å². The predicted molar refractivity (Wildman–Crippen MR) is 69.5 cm³/mol. The quantitative estimate of drug-likeness (QED) is 0.683. The lowest BCUT2D eigenvalue weighted by atomic mass is 10.2. The van der Waals surface area contributed by atoms with E-state index in [1.807, 2.05) is 0 Å². The molecule has 0 aliphatic carbocycles. The molecule has 2 saturated heterocycles. The Morgan fingerprint density at radius 1 is 1.25 bits per heavy atom. The lowest BCUT2D eigenvalue weighted by Gasteiger charge is -2.35. The van der Waals surface area contributed by atoms with Crippen molar-refractivity contribution in [2.45, 2.75) is 24.1 Å². The van der Waals surface area contributed by atoms with Crippen LogP contribution in [0.25, 0.3) is 0 Å². The molecule has 116 valence electrons. The molecular weight excluding hydrogens is 310 g/mol. The molecule has 1 N–H and O–H groups in total. The molecule has 0 aromatic heterocycles. The molecule has 2 fully saturated rings. The van der Waals surface area contributed by atoms with E-state index in [2.05, 4.69) is 0 Å². The second-order valence-corrected chi connectivity index (χ2v) is 9.41.